The van der Waals surface area contributed by atoms with Crippen molar-refractivity contribution in [3.63, 3.8) is 0 Å². The minimum Gasteiger partial charge on any atom is -0.370 e. The van der Waals surface area contributed by atoms with Crippen LogP contribution in [0.25, 0.3) is 16.3 Å². The Morgan fingerprint density at radius 1 is 1.12 bits per heavy atom. The van der Waals surface area contributed by atoms with Crippen molar-refractivity contribution in [2.45, 2.75) is 46.0 Å². The number of aromatic nitrogens is 2. The van der Waals surface area contributed by atoms with E-state index in [0.717, 1.165) is 18.7 Å². The summed E-state index contributed by atoms with van der Waals surface area (Å²) in [6.07, 6.45) is 3.52. The third kappa shape index (κ3) is 2.99. The van der Waals surface area contributed by atoms with E-state index in [9.17, 15) is 0 Å². The van der Waals surface area contributed by atoms with Crippen molar-refractivity contribution < 1.29 is 0 Å². The maximum absolute atomic E-state index is 5.09. The highest BCUT2D eigenvalue weighted by atomic mass is 32.1. The molecule has 25 heavy (non-hydrogen) atoms. The lowest BCUT2D eigenvalue weighted by atomic mass is 10.0. The molecule has 3 heterocycles. The predicted octanol–water partition coefficient (Wildman–Crippen LogP) is 5.78. The minimum atomic E-state index is 0.467. The Labute approximate surface area is 153 Å². The highest BCUT2D eigenvalue weighted by Gasteiger charge is 2.23. The zero-order valence-corrected chi connectivity index (χ0v) is 16.0. The van der Waals surface area contributed by atoms with Crippen molar-refractivity contribution in [1.82, 2.24) is 9.78 Å². The molecule has 3 nitrogen and oxygen atoms in total. The summed E-state index contributed by atoms with van der Waals surface area (Å²) in [4.78, 5) is 2.61. The molecule has 0 atom stereocenters. The molecule has 3 aromatic rings. The Bertz CT molecular complexity index is 888. The predicted molar refractivity (Wildman–Crippen MR) is 107 cm³/mol. The van der Waals surface area contributed by atoms with E-state index in [1.807, 2.05) is 11.3 Å². The van der Waals surface area contributed by atoms with E-state index in [1.54, 1.807) is 0 Å². The number of anilines is 1. The lowest BCUT2D eigenvalue weighted by Crippen LogP contribution is -2.09. The van der Waals surface area contributed by atoms with Crippen molar-refractivity contribution >= 4 is 17.2 Å². The molecule has 0 unspecified atom stereocenters. The molecule has 4 rings (SSSR count). The van der Waals surface area contributed by atoms with Gasteiger partial charge in [0.15, 0.2) is 0 Å². The number of nitrogens with zero attached hydrogens (tertiary/aromatic N) is 2. The van der Waals surface area contributed by atoms with E-state index >= 15 is 0 Å². The van der Waals surface area contributed by atoms with Crippen LogP contribution in [0.3, 0.4) is 0 Å². The zero-order valence-electron chi connectivity index (χ0n) is 15.2. The summed E-state index contributed by atoms with van der Waals surface area (Å²) in [7, 11) is 0. The van der Waals surface area contributed by atoms with Gasteiger partial charge in [-0.15, -0.1) is 11.3 Å². The molecule has 1 aliphatic rings. The molecule has 0 amide bonds. The van der Waals surface area contributed by atoms with Crippen LogP contribution in [0.4, 0.5) is 5.82 Å². The van der Waals surface area contributed by atoms with Gasteiger partial charge in [-0.2, -0.15) is 5.10 Å². The second-order valence-corrected chi connectivity index (χ2v) is 8.38. The monoisotopic (exact) mass is 351 g/mol. The van der Waals surface area contributed by atoms with Crippen LogP contribution in [0.2, 0.25) is 0 Å². The molecule has 0 aliphatic carbocycles. The van der Waals surface area contributed by atoms with E-state index < -0.39 is 0 Å². The first kappa shape index (κ1) is 16.4. The number of rotatable bonds is 3. The average Bonchev–Trinajstić information content (AvgIpc) is 3.10. The lowest BCUT2D eigenvalue weighted by Gasteiger charge is -2.15. The van der Waals surface area contributed by atoms with Crippen LogP contribution >= 0.6 is 11.3 Å². The van der Waals surface area contributed by atoms with Crippen LogP contribution in [-0.2, 0) is 6.42 Å². The molecule has 0 saturated heterocycles. The summed E-state index contributed by atoms with van der Waals surface area (Å²) < 4.78 is 2.15. The fourth-order valence-corrected chi connectivity index (χ4v) is 4.48. The summed E-state index contributed by atoms with van der Waals surface area (Å²) in [5.41, 5.74) is 5.06. The number of para-hydroxylation sites is 1. The lowest BCUT2D eigenvalue weighted by molar-refractivity contribution is 0.777. The molecule has 1 aromatic carbocycles. The van der Waals surface area contributed by atoms with Gasteiger partial charge in [0, 0.05) is 17.0 Å². The molecule has 0 radical (unpaired) electrons. The standard InChI is InChI=1S/C21H25N3S/c1-14(2)16-8-4-5-10-18(16)24-21-17(9-6-7-13-22-21)20(23-24)19-12-11-15(3)25-19/h4-5,8,10-12,14,22H,6-7,9,13H2,1-3H3. The molecular formula is C21H25N3S. The second kappa shape index (κ2) is 6.68. The van der Waals surface area contributed by atoms with E-state index in [0.29, 0.717) is 5.92 Å². The number of benzene rings is 1. The normalized spacial score (nSPS) is 14.2. The largest absolute Gasteiger partial charge is 0.370 e. The van der Waals surface area contributed by atoms with E-state index in [4.69, 9.17) is 5.10 Å². The van der Waals surface area contributed by atoms with Crippen molar-refractivity contribution in [3.8, 4) is 16.3 Å². The number of fused-ring (bicyclic) bond motifs is 1. The SMILES string of the molecule is Cc1ccc(-c2nn(-c3ccccc3C(C)C)c3c2CCCCN3)s1. The van der Waals surface area contributed by atoms with E-state index in [1.165, 1.54) is 45.2 Å². The van der Waals surface area contributed by atoms with Crippen LogP contribution in [0.1, 0.15) is 48.6 Å². The van der Waals surface area contributed by atoms with Gasteiger partial charge in [-0.05, 0) is 55.9 Å². The van der Waals surface area contributed by atoms with Crippen molar-refractivity contribution in [1.29, 1.82) is 0 Å². The van der Waals surface area contributed by atoms with E-state index in [2.05, 4.69) is 67.2 Å². The van der Waals surface area contributed by atoms with Crippen molar-refractivity contribution in [2.24, 2.45) is 0 Å². The van der Waals surface area contributed by atoms with Gasteiger partial charge in [0.05, 0.1) is 10.6 Å². The van der Waals surface area contributed by atoms with E-state index in [-0.39, 0.29) is 0 Å². The number of nitrogens with one attached hydrogen (secondary N) is 1. The van der Waals surface area contributed by atoms with Gasteiger partial charge in [0.2, 0.25) is 0 Å². The summed E-state index contributed by atoms with van der Waals surface area (Å²) in [5.74, 6) is 1.65. The van der Waals surface area contributed by atoms with Crippen LogP contribution in [0.15, 0.2) is 36.4 Å². The fraction of sp³-hybridized carbons (Fsp3) is 0.381. The number of hydrogen-bond donors (Lipinski definition) is 1. The Hall–Kier alpha value is -2.07. The molecule has 2 aromatic heterocycles. The van der Waals surface area contributed by atoms with Crippen LogP contribution in [-0.4, -0.2) is 16.3 Å². The highest BCUT2D eigenvalue weighted by Crippen LogP contribution is 2.38. The van der Waals surface area contributed by atoms with Gasteiger partial charge in [0.1, 0.15) is 11.5 Å². The molecule has 1 aliphatic heterocycles. The van der Waals surface area contributed by atoms with Crippen LogP contribution in [0.5, 0.6) is 0 Å². The number of aryl methyl sites for hydroxylation is 1. The third-order valence-electron chi connectivity index (χ3n) is 4.89. The van der Waals surface area contributed by atoms with Crippen LogP contribution < -0.4 is 5.32 Å². The molecule has 0 fully saturated rings. The quantitative estimate of drug-likeness (QED) is 0.648. The smallest absolute Gasteiger partial charge is 0.133 e. The number of hydrogen-bond acceptors (Lipinski definition) is 3. The molecule has 0 bridgehead atoms. The number of thiophene rings is 1. The molecule has 1 N–H and O–H groups in total. The Morgan fingerprint density at radius 2 is 1.96 bits per heavy atom. The Morgan fingerprint density at radius 3 is 2.72 bits per heavy atom. The Balaban J connectivity index is 1.93. The average molecular weight is 352 g/mol. The third-order valence-corrected chi connectivity index (χ3v) is 5.90. The summed E-state index contributed by atoms with van der Waals surface area (Å²) in [6, 6.07) is 13.1. The first-order valence-corrected chi connectivity index (χ1v) is 9.98. The molecule has 0 spiro atoms. The molecule has 4 heteroatoms. The van der Waals surface area contributed by atoms with Gasteiger partial charge in [0.25, 0.3) is 0 Å². The van der Waals surface area contributed by atoms with Crippen LogP contribution in [0, 0.1) is 6.92 Å². The summed E-state index contributed by atoms with van der Waals surface area (Å²) in [6.45, 7) is 7.68. The van der Waals surface area contributed by atoms with Crippen molar-refractivity contribution in [3.05, 3.63) is 52.4 Å². The second-order valence-electron chi connectivity index (χ2n) is 7.10. The zero-order chi connectivity index (χ0) is 17.4. The van der Waals surface area contributed by atoms with Gasteiger partial charge in [-0.3, -0.25) is 0 Å². The molecular weight excluding hydrogens is 326 g/mol. The minimum absolute atomic E-state index is 0.467. The van der Waals surface area contributed by atoms with Gasteiger partial charge >= 0.3 is 0 Å². The maximum Gasteiger partial charge on any atom is 0.133 e. The first-order valence-electron chi connectivity index (χ1n) is 9.17. The van der Waals surface area contributed by atoms with Gasteiger partial charge < -0.3 is 5.32 Å². The fourth-order valence-electron chi connectivity index (χ4n) is 3.61. The van der Waals surface area contributed by atoms with Crippen molar-refractivity contribution in [2.75, 3.05) is 11.9 Å². The van der Waals surface area contributed by atoms with Gasteiger partial charge in [-0.25, -0.2) is 4.68 Å². The first-order chi connectivity index (χ1) is 12.1. The maximum atomic E-state index is 5.09. The summed E-state index contributed by atoms with van der Waals surface area (Å²) >= 11 is 1.84. The van der Waals surface area contributed by atoms with Gasteiger partial charge in [-0.1, -0.05) is 32.0 Å². The topological polar surface area (TPSA) is 29.9 Å². The molecule has 0 saturated carbocycles. The summed E-state index contributed by atoms with van der Waals surface area (Å²) in [5, 5.41) is 8.76. The molecule has 130 valence electrons. The highest BCUT2D eigenvalue weighted by molar-refractivity contribution is 7.15. The Kier molecular flexibility index (Phi) is 4.38.